The molecule has 198 valence electrons. The number of nitrogens with two attached hydrogens (primary N) is 1. The second-order valence-corrected chi connectivity index (χ2v) is 9.64. The lowest BCUT2D eigenvalue weighted by Gasteiger charge is -2.32. The zero-order valence-corrected chi connectivity index (χ0v) is 21.7. The molecule has 4 atom stereocenters. The van der Waals surface area contributed by atoms with Crippen LogP contribution in [-0.2, 0) is 19.0 Å². The average molecular weight is 513 g/mol. The maximum absolute atomic E-state index is 13.2. The predicted molar refractivity (Wildman–Crippen MR) is 137 cm³/mol. The molecule has 1 aliphatic rings. The molecular weight excluding hydrogens is 472 g/mol. The number of hydrogen-bond donors (Lipinski definition) is 4. The Labute approximate surface area is 212 Å². The van der Waals surface area contributed by atoms with Gasteiger partial charge >= 0.3 is 6.03 Å². The van der Waals surface area contributed by atoms with Crippen LogP contribution in [0.2, 0.25) is 0 Å². The van der Waals surface area contributed by atoms with Gasteiger partial charge in [0.05, 0.1) is 56.8 Å². The molecule has 35 heavy (non-hydrogen) atoms. The van der Waals surface area contributed by atoms with Crippen molar-refractivity contribution in [3.8, 4) is 5.75 Å². The molecule has 0 bridgehead atoms. The number of carbonyl (C=O) groups is 2. The topological polar surface area (TPSA) is 133 Å². The second-order valence-electron chi connectivity index (χ2n) is 8.29. The molecule has 1 fully saturated rings. The summed E-state index contributed by atoms with van der Waals surface area (Å²) in [4.78, 5) is 25.0. The lowest BCUT2D eigenvalue weighted by molar-refractivity contribution is -0.121. The summed E-state index contributed by atoms with van der Waals surface area (Å²) in [6, 6.07) is 7.23. The van der Waals surface area contributed by atoms with Crippen LogP contribution in [-0.4, -0.2) is 82.4 Å². The molecule has 5 N–H and O–H groups in total. The van der Waals surface area contributed by atoms with E-state index in [2.05, 4.69) is 16.0 Å². The molecule has 11 heteroatoms. The first-order chi connectivity index (χ1) is 16.9. The fraction of sp³-hybridized carbons (Fsp3) is 0.667. The van der Waals surface area contributed by atoms with Crippen molar-refractivity contribution < 1.29 is 28.5 Å². The number of carbonyl (C=O) groups excluding carboxylic acids is 2. The number of rotatable bonds is 17. The first-order valence-electron chi connectivity index (χ1n) is 12.0. The van der Waals surface area contributed by atoms with Gasteiger partial charge in [0.15, 0.2) is 0 Å². The maximum atomic E-state index is 13.2. The van der Waals surface area contributed by atoms with Crippen LogP contribution in [0.15, 0.2) is 24.3 Å². The first kappa shape index (κ1) is 29.2. The highest BCUT2D eigenvalue weighted by Gasteiger charge is 2.31. The van der Waals surface area contributed by atoms with Crippen molar-refractivity contribution in [1.82, 2.24) is 16.0 Å². The maximum Gasteiger partial charge on any atom is 0.315 e. The van der Waals surface area contributed by atoms with E-state index in [1.54, 1.807) is 7.11 Å². The molecular formula is C24H40N4O6S. The van der Waals surface area contributed by atoms with Crippen molar-refractivity contribution in [1.29, 1.82) is 0 Å². The summed E-state index contributed by atoms with van der Waals surface area (Å²) in [5.74, 6) is 0.860. The van der Waals surface area contributed by atoms with Crippen molar-refractivity contribution in [3.63, 3.8) is 0 Å². The van der Waals surface area contributed by atoms with E-state index < -0.39 is 0 Å². The third kappa shape index (κ3) is 11.0. The van der Waals surface area contributed by atoms with Gasteiger partial charge in [-0.2, -0.15) is 0 Å². The summed E-state index contributed by atoms with van der Waals surface area (Å²) in [6.45, 7) is 7.85. The SMILES string of the molecule is COc1ccc([C@@H](C)NC(=O)[C@H](CCOCCOCCOCCN)SC2NC(=O)NCC2C)cc1. The molecule has 1 aromatic rings. The molecule has 3 amide bonds. The van der Waals surface area contributed by atoms with Gasteiger partial charge < -0.3 is 40.6 Å². The highest BCUT2D eigenvalue weighted by atomic mass is 32.2. The number of urea groups is 1. The van der Waals surface area contributed by atoms with Gasteiger partial charge in [-0.15, -0.1) is 11.8 Å². The van der Waals surface area contributed by atoms with Gasteiger partial charge in [-0.05, 0) is 31.0 Å². The Kier molecular flexibility index (Phi) is 13.8. The zero-order chi connectivity index (χ0) is 25.5. The van der Waals surface area contributed by atoms with Crippen LogP contribution in [0.3, 0.4) is 0 Å². The van der Waals surface area contributed by atoms with Gasteiger partial charge in [0, 0.05) is 25.6 Å². The molecule has 0 aromatic heterocycles. The Morgan fingerprint density at radius 1 is 1.11 bits per heavy atom. The van der Waals surface area contributed by atoms with E-state index >= 15 is 0 Å². The summed E-state index contributed by atoms with van der Waals surface area (Å²) in [5, 5.41) is 8.28. The molecule has 10 nitrogen and oxygen atoms in total. The number of hydrogen-bond acceptors (Lipinski definition) is 8. The molecule has 2 unspecified atom stereocenters. The summed E-state index contributed by atoms with van der Waals surface area (Å²) >= 11 is 1.47. The average Bonchev–Trinajstić information content (AvgIpc) is 2.86. The lowest BCUT2D eigenvalue weighted by Crippen LogP contribution is -2.53. The molecule has 0 radical (unpaired) electrons. The van der Waals surface area contributed by atoms with Gasteiger partial charge in [0.1, 0.15) is 5.75 Å². The highest BCUT2D eigenvalue weighted by molar-refractivity contribution is 8.01. The van der Waals surface area contributed by atoms with Crippen LogP contribution in [0.25, 0.3) is 0 Å². The van der Waals surface area contributed by atoms with Crippen molar-refractivity contribution in [2.24, 2.45) is 11.7 Å². The van der Waals surface area contributed by atoms with Crippen LogP contribution in [0.1, 0.15) is 31.9 Å². The fourth-order valence-electron chi connectivity index (χ4n) is 3.39. The van der Waals surface area contributed by atoms with Crippen LogP contribution in [0.5, 0.6) is 5.75 Å². The van der Waals surface area contributed by atoms with Crippen LogP contribution in [0.4, 0.5) is 4.79 Å². The zero-order valence-electron chi connectivity index (χ0n) is 20.9. The van der Waals surface area contributed by atoms with E-state index in [0.29, 0.717) is 59.2 Å². The van der Waals surface area contributed by atoms with Crippen molar-refractivity contribution in [3.05, 3.63) is 29.8 Å². The Hall–Kier alpha value is -2.05. The first-order valence-corrected chi connectivity index (χ1v) is 13.0. The molecule has 1 aromatic carbocycles. The summed E-state index contributed by atoms with van der Waals surface area (Å²) < 4.78 is 21.6. The van der Waals surface area contributed by atoms with Gasteiger partial charge in [-0.3, -0.25) is 4.79 Å². The number of amides is 3. The van der Waals surface area contributed by atoms with Crippen LogP contribution < -0.4 is 26.4 Å². The van der Waals surface area contributed by atoms with E-state index in [1.165, 1.54) is 11.8 Å². The number of benzene rings is 1. The quantitative estimate of drug-likeness (QED) is 0.232. The molecule has 1 heterocycles. The van der Waals surface area contributed by atoms with Gasteiger partial charge in [0.2, 0.25) is 5.91 Å². The number of thioether (sulfide) groups is 1. The minimum Gasteiger partial charge on any atom is -0.497 e. The minimum absolute atomic E-state index is 0.0878. The largest absolute Gasteiger partial charge is 0.497 e. The molecule has 0 spiro atoms. The van der Waals surface area contributed by atoms with E-state index in [4.69, 9.17) is 24.7 Å². The van der Waals surface area contributed by atoms with E-state index in [-0.39, 0.29) is 34.5 Å². The minimum atomic E-state index is -0.382. The van der Waals surface area contributed by atoms with Crippen molar-refractivity contribution in [2.45, 2.75) is 36.9 Å². The van der Waals surface area contributed by atoms with Gasteiger partial charge in [0.25, 0.3) is 0 Å². The van der Waals surface area contributed by atoms with Gasteiger partial charge in [-0.1, -0.05) is 19.1 Å². The third-order valence-corrected chi connectivity index (χ3v) is 7.14. The summed E-state index contributed by atoms with van der Waals surface area (Å²) in [6.07, 6.45) is 0.512. The van der Waals surface area contributed by atoms with Crippen LogP contribution >= 0.6 is 11.8 Å². The second kappa shape index (κ2) is 16.6. The normalized spacial score (nSPS) is 19.4. The molecule has 0 saturated carbocycles. The van der Waals surface area contributed by atoms with Gasteiger partial charge in [-0.25, -0.2) is 4.79 Å². The smallest absolute Gasteiger partial charge is 0.315 e. The fourth-order valence-corrected chi connectivity index (χ4v) is 4.70. The Bertz CT molecular complexity index is 754. The summed E-state index contributed by atoms with van der Waals surface area (Å²) in [5.41, 5.74) is 6.35. The predicted octanol–water partition coefficient (Wildman–Crippen LogP) is 1.65. The van der Waals surface area contributed by atoms with E-state index in [9.17, 15) is 9.59 Å². The van der Waals surface area contributed by atoms with Crippen molar-refractivity contribution in [2.75, 3.05) is 59.8 Å². The standard InChI is InChI=1S/C24H40N4O6S/c1-17-16-26-24(30)28-23(17)35-21(8-10-32-12-14-34-15-13-33-11-9-25)22(29)27-18(2)19-4-6-20(31-3)7-5-19/h4-7,17-18,21,23H,8-16,25H2,1-3H3,(H,27,29)(H2,26,28,30)/t17?,18-,21+,23?/m1/s1. The number of methoxy groups -OCH3 is 1. The summed E-state index contributed by atoms with van der Waals surface area (Å²) in [7, 11) is 1.62. The Morgan fingerprint density at radius 3 is 2.37 bits per heavy atom. The Morgan fingerprint density at radius 2 is 1.74 bits per heavy atom. The third-order valence-electron chi connectivity index (χ3n) is 5.48. The van der Waals surface area contributed by atoms with Crippen molar-refractivity contribution >= 4 is 23.7 Å². The number of nitrogens with one attached hydrogen (secondary N) is 3. The Balaban J connectivity index is 1.85. The molecule has 2 rings (SSSR count). The molecule has 0 aliphatic carbocycles. The van der Waals surface area contributed by atoms with E-state index in [0.717, 1.165) is 11.3 Å². The lowest BCUT2D eigenvalue weighted by atomic mass is 10.1. The highest BCUT2D eigenvalue weighted by Crippen LogP contribution is 2.27. The van der Waals surface area contributed by atoms with E-state index in [1.807, 2.05) is 38.1 Å². The van der Waals surface area contributed by atoms with Crippen LogP contribution in [0, 0.1) is 5.92 Å². The number of ether oxygens (including phenoxy) is 4. The molecule has 1 saturated heterocycles. The molecule has 1 aliphatic heterocycles. The monoisotopic (exact) mass is 512 g/mol.